The van der Waals surface area contributed by atoms with Crippen molar-refractivity contribution in [3.8, 4) is 0 Å². The van der Waals surface area contributed by atoms with Crippen molar-refractivity contribution in [1.29, 1.82) is 0 Å². The second-order valence-corrected chi connectivity index (χ2v) is 5.26. The van der Waals surface area contributed by atoms with E-state index in [1.54, 1.807) is 0 Å². The Kier molecular flexibility index (Phi) is 3.77. The Morgan fingerprint density at radius 3 is 2.38 bits per heavy atom. The minimum atomic E-state index is -4.15. The molecule has 1 rings (SSSR count). The van der Waals surface area contributed by atoms with Gasteiger partial charge in [-0.1, -0.05) is 0 Å². The van der Waals surface area contributed by atoms with Crippen LogP contribution < -0.4 is 5.32 Å². The Balaban J connectivity index is 2.52. The SMILES string of the molecule is CC(C)(C)Nc1nc(CCC(F)(F)F)ns1. The molecule has 1 aromatic rings. The van der Waals surface area contributed by atoms with Crippen molar-refractivity contribution in [3.05, 3.63) is 5.82 Å². The second kappa shape index (κ2) is 4.57. The van der Waals surface area contributed by atoms with Crippen LogP contribution in [0.5, 0.6) is 0 Å². The average molecular weight is 253 g/mol. The zero-order valence-electron chi connectivity index (χ0n) is 9.35. The van der Waals surface area contributed by atoms with Gasteiger partial charge >= 0.3 is 6.18 Å². The van der Waals surface area contributed by atoms with Crippen molar-refractivity contribution < 1.29 is 13.2 Å². The highest BCUT2D eigenvalue weighted by Gasteiger charge is 2.27. The molecule has 0 saturated heterocycles. The fourth-order valence-electron chi connectivity index (χ4n) is 0.981. The van der Waals surface area contributed by atoms with Gasteiger partial charge in [0.2, 0.25) is 5.13 Å². The number of alkyl halides is 3. The minimum absolute atomic E-state index is 0.161. The normalized spacial score (nSPS) is 12.9. The van der Waals surface area contributed by atoms with Crippen LogP contribution in [0.25, 0.3) is 0 Å². The molecule has 0 fully saturated rings. The number of halogens is 3. The van der Waals surface area contributed by atoms with Crippen LogP contribution in [0.3, 0.4) is 0 Å². The summed E-state index contributed by atoms with van der Waals surface area (Å²) in [5.41, 5.74) is -0.166. The fourth-order valence-corrected chi connectivity index (χ4v) is 1.80. The predicted molar refractivity (Wildman–Crippen MR) is 57.7 cm³/mol. The van der Waals surface area contributed by atoms with Gasteiger partial charge < -0.3 is 5.32 Å². The van der Waals surface area contributed by atoms with Gasteiger partial charge in [-0.2, -0.15) is 17.5 Å². The van der Waals surface area contributed by atoms with Gasteiger partial charge in [0.05, 0.1) is 6.42 Å². The highest BCUT2D eigenvalue weighted by molar-refractivity contribution is 7.09. The van der Waals surface area contributed by atoms with Crippen LogP contribution in [-0.4, -0.2) is 21.1 Å². The van der Waals surface area contributed by atoms with Crippen LogP contribution in [-0.2, 0) is 6.42 Å². The molecule has 0 aromatic carbocycles. The number of nitrogens with one attached hydrogen (secondary N) is 1. The molecule has 0 unspecified atom stereocenters. The minimum Gasteiger partial charge on any atom is -0.356 e. The van der Waals surface area contributed by atoms with Crippen molar-refractivity contribution in [2.75, 3.05) is 5.32 Å². The molecule has 1 heterocycles. The molecule has 0 amide bonds. The van der Waals surface area contributed by atoms with Gasteiger partial charge in [0.25, 0.3) is 0 Å². The van der Waals surface area contributed by atoms with Crippen molar-refractivity contribution >= 4 is 16.7 Å². The van der Waals surface area contributed by atoms with Gasteiger partial charge in [0.15, 0.2) is 0 Å². The van der Waals surface area contributed by atoms with Crippen molar-refractivity contribution in [2.45, 2.75) is 45.3 Å². The standard InChI is InChI=1S/C9H14F3N3S/c1-8(2,3)14-7-13-6(15-16-7)4-5-9(10,11)12/h4-5H2,1-3H3,(H,13,14,15). The molecule has 1 aromatic heterocycles. The predicted octanol–water partition coefficient (Wildman–Crippen LogP) is 3.24. The molecule has 3 nitrogen and oxygen atoms in total. The Morgan fingerprint density at radius 2 is 1.88 bits per heavy atom. The molecule has 0 spiro atoms. The highest BCUT2D eigenvalue weighted by Crippen LogP contribution is 2.23. The van der Waals surface area contributed by atoms with E-state index in [1.165, 1.54) is 0 Å². The molecule has 92 valence electrons. The zero-order valence-corrected chi connectivity index (χ0v) is 10.2. The van der Waals surface area contributed by atoms with Gasteiger partial charge in [-0.15, -0.1) is 0 Å². The molecule has 16 heavy (non-hydrogen) atoms. The smallest absolute Gasteiger partial charge is 0.356 e. The van der Waals surface area contributed by atoms with Crippen LogP contribution >= 0.6 is 11.5 Å². The number of aromatic nitrogens is 2. The van der Waals surface area contributed by atoms with E-state index < -0.39 is 12.6 Å². The summed E-state index contributed by atoms with van der Waals surface area (Å²) in [5, 5.41) is 3.62. The first-order chi connectivity index (χ1) is 7.16. The van der Waals surface area contributed by atoms with Crippen LogP contribution in [0, 0.1) is 0 Å². The molecule has 0 saturated carbocycles. The van der Waals surface area contributed by atoms with E-state index in [1.807, 2.05) is 20.8 Å². The molecule has 7 heteroatoms. The summed E-state index contributed by atoms with van der Waals surface area (Å²) in [5.74, 6) is 0.245. The lowest BCUT2D eigenvalue weighted by Crippen LogP contribution is -2.25. The summed E-state index contributed by atoms with van der Waals surface area (Å²) in [7, 11) is 0. The van der Waals surface area contributed by atoms with Gasteiger partial charge in [0, 0.05) is 23.5 Å². The number of hydrogen-bond acceptors (Lipinski definition) is 4. The lowest BCUT2D eigenvalue weighted by atomic mass is 10.1. The van der Waals surface area contributed by atoms with Crippen molar-refractivity contribution in [2.24, 2.45) is 0 Å². The van der Waals surface area contributed by atoms with Crippen LogP contribution in [0.1, 0.15) is 33.0 Å². The molecule has 0 aliphatic heterocycles. The average Bonchev–Trinajstić information content (AvgIpc) is 2.44. The number of aryl methyl sites for hydroxylation is 1. The number of anilines is 1. The molecule has 0 aliphatic rings. The van der Waals surface area contributed by atoms with Gasteiger partial charge in [0.1, 0.15) is 5.82 Å². The van der Waals surface area contributed by atoms with Gasteiger partial charge in [-0.05, 0) is 20.8 Å². The summed E-state index contributed by atoms with van der Waals surface area (Å²) >= 11 is 1.09. The third-order valence-corrected chi connectivity index (χ3v) is 2.25. The van der Waals surface area contributed by atoms with Gasteiger partial charge in [-0.25, -0.2) is 4.98 Å². The maximum absolute atomic E-state index is 12.0. The summed E-state index contributed by atoms with van der Waals surface area (Å²) in [4.78, 5) is 3.99. The molecule has 1 N–H and O–H groups in total. The lowest BCUT2D eigenvalue weighted by molar-refractivity contribution is -0.134. The summed E-state index contributed by atoms with van der Waals surface area (Å²) in [6.07, 6.45) is -5.19. The summed E-state index contributed by atoms with van der Waals surface area (Å²) in [6.45, 7) is 5.84. The number of hydrogen-bond donors (Lipinski definition) is 1. The quantitative estimate of drug-likeness (QED) is 0.898. The van der Waals surface area contributed by atoms with Crippen molar-refractivity contribution in [3.63, 3.8) is 0 Å². The van der Waals surface area contributed by atoms with E-state index >= 15 is 0 Å². The van der Waals surface area contributed by atoms with E-state index in [4.69, 9.17) is 0 Å². The van der Waals surface area contributed by atoms with Crippen LogP contribution in [0.2, 0.25) is 0 Å². The Morgan fingerprint density at radius 1 is 1.25 bits per heavy atom. The van der Waals surface area contributed by atoms with Crippen LogP contribution in [0.4, 0.5) is 18.3 Å². The van der Waals surface area contributed by atoms with Crippen molar-refractivity contribution in [1.82, 2.24) is 9.36 Å². The molecule has 0 bridgehead atoms. The van der Waals surface area contributed by atoms with E-state index in [9.17, 15) is 13.2 Å². The Bertz CT molecular complexity index is 341. The number of rotatable bonds is 3. The first kappa shape index (κ1) is 13.2. The summed E-state index contributed by atoms with van der Waals surface area (Å²) in [6, 6.07) is 0. The Hall–Kier alpha value is -0.850. The largest absolute Gasteiger partial charge is 0.389 e. The lowest BCUT2D eigenvalue weighted by Gasteiger charge is -2.18. The molecular formula is C9H14F3N3S. The van der Waals surface area contributed by atoms with Gasteiger partial charge in [-0.3, -0.25) is 0 Å². The monoisotopic (exact) mass is 253 g/mol. The van der Waals surface area contributed by atoms with E-state index in [0.29, 0.717) is 5.13 Å². The Labute approximate surface area is 96.3 Å². The van der Waals surface area contributed by atoms with E-state index in [-0.39, 0.29) is 17.8 Å². The molecular weight excluding hydrogens is 239 g/mol. The number of nitrogens with zero attached hydrogens (tertiary/aromatic N) is 2. The third kappa shape index (κ3) is 5.29. The van der Waals surface area contributed by atoms with E-state index in [2.05, 4.69) is 14.7 Å². The van der Waals surface area contributed by atoms with E-state index in [0.717, 1.165) is 11.5 Å². The third-order valence-electron chi connectivity index (χ3n) is 1.58. The molecule has 0 aliphatic carbocycles. The molecule has 0 radical (unpaired) electrons. The maximum atomic E-state index is 12.0. The topological polar surface area (TPSA) is 37.8 Å². The maximum Gasteiger partial charge on any atom is 0.389 e. The molecule has 0 atom stereocenters. The fraction of sp³-hybridized carbons (Fsp3) is 0.778. The zero-order chi connectivity index (χ0) is 12.4. The highest BCUT2D eigenvalue weighted by atomic mass is 32.1. The summed E-state index contributed by atoms with van der Waals surface area (Å²) < 4.78 is 39.7. The first-order valence-electron chi connectivity index (χ1n) is 4.83. The first-order valence-corrected chi connectivity index (χ1v) is 5.60. The second-order valence-electron chi connectivity index (χ2n) is 4.51. The van der Waals surface area contributed by atoms with Crippen LogP contribution in [0.15, 0.2) is 0 Å².